The summed E-state index contributed by atoms with van der Waals surface area (Å²) < 4.78 is 0. The fourth-order valence-electron chi connectivity index (χ4n) is 3.44. The number of carbonyl (C=O) groups is 1. The summed E-state index contributed by atoms with van der Waals surface area (Å²) in [6.07, 6.45) is 15.0. The molecule has 0 bridgehead atoms. The van der Waals surface area contributed by atoms with Gasteiger partial charge in [-0.25, -0.2) is 0 Å². The average molecular weight is 283 g/mol. The molecule has 1 N–H and O–H groups in total. The van der Waals surface area contributed by atoms with Gasteiger partial charge in [0.2, 0.25) is 0 Å². The Kier molecular flexibility index (Phi) is 8.92. The maximum Gasteiger partial charge on any atom is 0.320 e. The Morgan fingerprint density at radius 2 is 1.40 bits per heavy atom. The lowest BCUT2D eigenvalue weighted by atomic mass is 9.96. The second kappa shape index (κ2) is 10.2. The van der Waals surface area contributed by atoms with Gasteiger partial charge in [0.1, 0.15) is 6.04 Å². The SMILES string of the molecule is CCC(C(=O)O)N(C)C1CCCCCCCCCCC1. The largest absolute Gasteiger partial charge is 0.480 e. The number of hydrogen-bond acceptors (Lipinski definition) is 2. The lowest BCUT2D eigenvalue weighted by Crippen LogP contribution is -2.44. The fourth-order valence-corrected chi connectivity index (χ4v) is 3.44. The third-order valence-corrected chi connectivity index (χ3v) is 4.81. The zero-order chi connectivity index (χ0) is 14.8. The van der Waals surface area contributed by atoms with Gasteiger partial charge in [0, 0.05) is 6.04 Å². The van der Waals surface area contributed by atoms with E-state index in [4.69, 9.17) is 0 Å². The van der Waals surface area contributed by atoms with Crippen LogP contribution in [-0.4, -0.2) is 35.1 Å². The zero-order valence-electron chi connectivity index (χ0n) is 13.4. The van der Waals surface area contributed by atoms with Crippen LogP contribution in [0.4, 0.5) is 0 Å². The van der Waals surface area contributed by atoms with Gasteiger partial charge in [-0.1, -0.05) is 64.7 Å². The van der Waals surface area contributed by atoms with Gasteiger partial charge in [0.15, 0.2) is 0 Å². The Balaban J connectivity index is 2.54. The van der Waals surface area contributed by atoms with E-state index in [9.17, 15) is 9.90 Å². The lowest BCUT2D eigenvalue weighted by Gasteiger charge is -2.33. The minimum Gasteiger partial charge on any atom is -0.480 e. The van der Waals surface area contributed by atoms with Crippen LogP contribution in [0.15, 0.2) is 0 Å². The molecular formula is C17H33NO2. The summed E-state index contributed by atoms with van der Waals surface area (Å²) in [5, 5.41) is 9.34. The minimum atomic E-state index is -0.666. The topological polar surface area (TPSA) is 40.5 Å². The van der Waals surface area contributed by atoms with E-state index < -0.39 is 5.97 Å². The highest BCUT2D eigenvalue weighted by atomic mass is 16.4. The van der Waals surface area contributed by atoms with Gasteiger partial charge >= 0.3 is 5.97 Å². The van der Waals surface area contributed by atoms with Crippen LogP contribution in [0.1, 0.15) is 84.0 Å². The van der Waals surface area contributed by atoms with Crippen molar-refractivity contribution in [3.8, 4) is 0 Å². The molecule has 118 valence electrons. The van der Waals surface area contributed by atoms with Gasteiger partial charge in [0.05, 0.1) is 0 Å². The van der Waals surface area contributed by atoms with Gasteiger partial charge in [0.25, 0.3) is 0 Å². The highest BCUT2D eigenvalue weighted by Gasteiger charge is 2.26. The molecule has 3 heteroatoms. The fraction of sp³-hybridized carbons (Fsp3) is 0.941. The van der Waals surface area contributed by atoms with Crippen molar-refractivity contribution < 1.29 is 9.90 Å². The molecule has 0 amide bonds. The first-order valence-corrected chi connectivity index (χ1v) is 8.61. The molecule has 1 aliphatic rings. The highest BCUT2D eigenvalue weighted by molar-refractivity contribution is 5.73. The Hall–Kier alpha value is -0.570. The van der Waals surface area contributed by atoms with Crippen LogP contribution in [0.2, 0.25) is 0 Å². The molecule has 0 aromatic rings. The van der Waals surface area contributed by atoms with Crippen LogP contribution < -0.4 is 0 Å². The van der Waals surface area contributed by atoms with E-state index in [-0.39, 0.29) is 6.04 Å². The first kappa shape index (κ1) is 17.5. The van der Waals surface area contributed by atoms with Crippen LogP contribution in [-0.2, 0) is 4.79 Å². The maximum atomic E-state index is 11.4. The molecule has 0 aliphatic heterocycles. The van der Waals surface area contributed by atoms with E-state index in [1.807, 2.05) is 14.0 Å². The van der Waals surface area contributed by atoms with E-state index in [2.05, 4.69) is 4.90 Å². The standard InChI is InChI=1S/C17H33NO2/c1-3-16(17(19)20)18(2)15-13-11-9-7-5-4-6-8-10-12-14-15/h15-16H,3-14H2,1-2H3,(H,19,20). The van der Waals surface area contributed by atoms with Crippen molar-refractivity contribution >= 4 is 5.97 Å². The van der Waals surface area contributed by atoms with Gasteiger partial charge in [-0.2, -0.15) is 0 Å². The Bertz CT molecular complexity index is 256. The second-order valence-corrected chi connectivity index (χ2v) is 6.34. The molecule has 3 nitrogen and oxygen atoms in total. The molecular weight excluding hydrogens is 250 g/mol. The molecule has 1 unspecified atom stereocenters. The summed E-state index contributed by atoms with van der Waals surface area (Å²) in [5.74, 6) is -0.666. The van der Waals surface area contributed by atoms with Crippen LogP contribution in [0, 0.1) is 0 Å². The second-order valence-electron chi connectivity index (χ2n) is 6.34. The minimum absolute atomic E-state index is 0.312. The number of likely N-dealkylation sites (N-methyl/N-ethyl adjacent to an activating group) is 1. The summed E-state index contributed by atoms with van der Waals surface area (Å²) in [6, 6.07) is 0.142. The Morgan fingerprint density at radius 1 is 1.00 bits per heavy atom. The van der Waals surface area contributed by atoms with Crippen LogP contribution >= 0.6 is 0 Å². The highest BCUT2D eigenvalue weighted by Crippen LogP contribution is 2.21. The summed E-state index contributed by atoms with van der Waals surface area (Å²) >= 11 is 0. The normalized spacial score (nSPS) is 21.9. The summed E-state index contributed by atoms with van der Waals surface area (Å²) in [7, 11) is 2.01. The number of hydrogen-bond donors (Lipinski definition) is 1. The molecule has 1 atom stereocenters. The van der Waals surface area contributed by atoms with Crippen LogP contribution in [0.5, 0.6) is 0 Å². The first-order chi connectivity index (χ1) is 9.66. The van der Waals surface area contributed by atoms with Gasteiger partial charge in [-0.05, 0) is 26.3 Å². The van der Waals surface area contributed by atoms with Gasteiger partial charge in [-0.15, -0.1) is 0 Å². The number of carboxylic acids is 1. The van der Waals surface area contributed by atoms with E-state index in [1.54, 1.807) is 0 Å². The quantitative estimate of drug-likeness (QED) is 0.828. The van der Waals surface area contributed by atoms with E-state index >= 15 is 0 Å². The summed E-state index contributed by atoms with van der Waals surface area (Å²) in [6.45, 7) is 1.98. The van der Waals surface area contributed by atoms with E-state index in [0.717, 1.165) is 0 Å². The predicted octanol–water partition coefficient (Wildman–Crippen LogP) is 4.45. The van der Waals surface area contributed by atoms with Crippen molar-refractivity contribution in [3.63, 3.8) is 0 Å². The molecule has 1 aliphatic carbocycles. The lowest BCUT2D eigenvalue weighted by molar-refractivity contribution is -0.143. The molecule has 0 spiro atoms. The number of aliphatic carboxylic acids is 1. The third kappa shape index (κ3) is 6.25. The van der Waals surface area contributed by atoms with Crippen molar-refractivity contribution in [1.82, 2.24) is 4.90 Å². The van der Waals surface area contributed by atoms with Crippen LogP contribution in [0.3, 0.4) is 0 Å². The van der Waals surface area contributed by atoms with Crippen molar-refractivity contribution in [2.45, 2.75) is 96.1 Å². The molecule has 0 aromatic carbocycles. The summed E-state index contributed by atoms with van der Waals surface area (Å²) in [5.41, 5.74) is 0. The first-order valence-electron chi connectivity index (χ1n) is 8.61. The Labute approximate surface area is 124 Å². The monoisotopic (exact) mass is 283 g/mol. The molecule has 0 aromatic heterocycles. The molecule has 1 rings (SSSR count). The number of rotatable bonds is 4. The van der Waals surface area contributed by atoms with Crippen molar-refractivity contribution in [3.05, 3.63) is 0 Å². The van der Waals surface area contributed by atoms with Crippen molar-refractivity contribution in [2.24, 2.45) is 0 Å². The van der Waals surface area contributed by atoms with E-state index in [1.165, 1.54) is 70.6 Å². The molecule has 0 heterocycles. The maximum absolute atomic E-state index is 11.4. The summed E-state index contributed by atoms with van der Waals surface area (Å²) in [4.78, 5) is 13.5. The van der Waals surface area contributed by atoms with E-state index in [0.29, 0.717) is 12.5 Å². The van der Waals surface area contributed by atoms with Crippen molar-refractivity contribution in [1.29, 1.82) is 0 Å². The van der Waals surface area contributed by atoms with Crippen LogP contribution in [0.25, 0.3) is 0 Å². The average Bonchev–Trinajstić information content (AvgIpc) is 2.39. The molecule has 20 heavy (non-hydrogen) atoms. The number of carboxylic acid groups (broad SMARTS) is 1. The molecule has 1 saturated carbocycles. The molecule has 1 fully saturated rings. The van der Waals surface area contributed by atoms with Gasteiger partial charge in [-0.3, -0.25) is 9.69 Å². The molecule has 0 radical (unpaired) electrons. The smallest absolute Gasteiger partial charge is 0.320 e. The molecule has 0 saturated heterocycles. The Morgan fingerprint density at radius 3 is 1.75 bits per heavy atom. The van der Waals surface area contributed by atoms with Gasteiger partial charge < -0.3 is 5.11 Å². The third-order valence-electron chi connectivity index (χ3n) is 4.81. The zero-order valence-corrected chi connectivity index (χ0v) is 13.4. The predicted molar refractivity (Wildman–Crippen MR) is 84.1 cm³/mol. The van der Waals surface area contributed by atoms with Crippen molar-refractivity contribution in [2.75, 3.05) is 7.05 Å². The number of nitrogens with zero attached hydrogens (tertiary/aromatic N) is 1.